The van der Waals surface area contributed by atoms with Gasteiger partial charge < -0.3 is 15.0 Å². The van der Waals surface area contributed by atoms with E-state index in [0.717, 1.165) is 5.56 Å². The van der Waals surface area contributed by atoms with Crippen molar-refractivity contribution in [3.8, 4) is 5.75 Å². The maximum Gasteiger partial charge on any atom is 0.573 e. The van der Waals surface area contributed by atoms with Gasteiger partial charge in [0.15, 0.2) is 0 Å². The Bertz CT molecular complexity index is 823. The van der Waals surface area contributed by atoms with Crippen molar-refractivity contribution in [1.82, 2.24) is 10.2 Å². The Labute approximate surface area is 148 Å². The van der Waals surface area contributed by atoms with Crippen LogP contribution >= 0.6 is 0 Å². The first-order valence-electron chi connectivity index (χ1n) is 8.40. The second kappa shape index (κ2) is 6.32. The smallest absolute Gasteiger partial charge is 0.405 e. The summed E-state index contributed by atoms with van der Waals surface area (Å²) in [5, 5.41) is 3.30. The summed E-state index contributed by atoms with van der Waals surface area (Å²) in [6, 6.07) is 13.7. The standard InChI is InChI=1S/C19H17F3N2O2/c20-19(21,22)26-16-8-4-7-14-15-11-23-10-13(24(15)18(25)17(14)16)9-12-5-2-1-3-6-12/h1-8,13,15,23H,9-11H2/t13-,15-/m0/s1. The fraction of sp³-hybridized carbons (Fsp3) is 0.316. The molecule has 2 aromatic carbocycles. The minimum Gasteiger partial charge on any atom is -0.405 e. The van der Waals surface area contributed by atoms with Crippen LogP contribution in [0.15, 0.2) is 48.5 Å². The van der Waals surface area contributed by atoms with Crippen LogP contribution in [-0.4, -0.2) is 36.3 Å². The van der Waals surface area contributed by atoms with Crippen molar-refractivity contribution < 1.29 is 22.7 Å². The molecule has 4 nitrogen and oxygen atoms in total. The summed E-state index contributed by atoms with van der Waals surface area (Å²) in [5.74, 6) is -0.819. The second-order valence-corrected chi connectivity index (χ2v) is 6.50. The van der Waals surface area contributed by atoms with E-state index in [1.807, 2.05) is 30.3 Å². The van der Waals surface area contributed by atoms with Crippen LogP contribution in [0, 0.1) is 0 Å². The Morgan fingerprint density at radius 3 is 2.58 bits per heavy atom. The van der Waals surface area contributed by atoms with Crippen LogP contribution in [0.3, 0.4) is 0 Å². The van der Waals surface area contributed by atoms with Gasteiger partial charge in [0.05, 0.1) is 11.6 Å². The largest absolute Gasteiger partial charge is 0.573 e. The Morgan fingerprint density at radius 2 is 1.85 bits per heavy atom. The predicted octanol–water partition coefficient (Wildman–Crippen LogP) is 3.30. The summed E-state index contributed by atoms with van der Waals surface area (Å²) < 4.78 is 42.2. The van der Waals surface area contributed by atoms with Gasteiger partial charge in [-0.2, -0.15) is 0 Å². The highest BCUT2D eigenvalue weighted by molar-refractivity contribution is 6.02. The fourth-order valence-electron chi connectivity index (χ4n) is 3.86. The van der Waals surface area contributed by atoms with Crippen LogP contribution in [0.25, 0.3) is 0 Å². The van der Waals surface area contributed by atoms with E-state index in [1.54, 1.807) is 11.0 Å². The summed E-state index contributed by atoms with van der Waals surface area (Å²) in [4.78, 5) is 14.7. The van der Waals surface area contributed by atoms with Gasteiger partial charge in [-0.1, -0.05) is 42.5 Å². The quantitative estimate of drug-likeness (QED) is 0.911. The average Bonchev–Trinajstić information content (AvgIpc) is 2.89. The number of benzene rings is 2. The van der Waals surface area contributed by atoms with E-state index in [-0.39, 0.29) is 17.6 Å². The number of hydrogen-bond donors (Lipinski definition) is 1. The van der Waals surface area contributed by atoms with Crippen molar-refractivity contribution in [2.75, 3.05) is 13.1 Å². The molecule has 2 aliphatic rings. The summed E-state index contributed by atoms with van der Waals surface area (Å²) in [7, 11) is 0. The molecule has 2 aromatic rings. The van der Waals surface area contributed by atoms with Crippen molar-refractivity contribution in [3.05, 3.63) is 65.2 Å². The summed E-state index contributed by atoms with van der Waals surface area (Å²) in [5.41, 5.74) is 1.69. The normalized spacial score (nSPS) is 22.1. The lowest BCUT2D eigenvalue weighted by Gasteiger charge is -2.38. The first-order chi connectivity index (χ1) is 12.4. The molecule has 1 saturated heterocycles. The number of piperazine rings is 1. The molecule has 136 valence electrons. The molecule has 2 heterocycles. The third-order valence-electron chi connectivity index (χ3n) is 4.85. The zero-order chi connectivity index (χ0) is 18.3. The number of ether oxygens (including phenoxy) is 1. The fourth-order valence-corrected chi connectivity index (χ4v) is 3.86. The van der Waals surface area contributed by atoms with E-state index in [0.29, 0.717) is 25.1 Å². The maximum absolute atomic E-state index is 13.0. The molecule has 1 N–H and O–H groups in total. The van der Waals surface area contributed by atoms with E-state index in [9.17, 15) is 18.0 Å². The van der Waals surface area contributed by atoms with Gasteiger partial charge in [0.1, 0.15) is 5.75 Å². The molecule has 0 bridgehead atoms. The van der Waals surface area contributed by atoms with Crippen molar-refractivity contribution >= 4 is 5.91 Å². The molecule has 4 rings (SSSR count). The van der Waals surface area contributed by atoms with Gasteiger partial charge in [0.2, 0.25) is 0 Å². The van der Waals surface area contributed by atoms with Gasteiger partial charge in [-0.3, -0.25) is 4.79 Å². The maximum atomic E-state index is 13.0. The predicted molar refractivity (Wildman–Crippen MR) is 88.8 cm³/mol. The molecule has 0 aromatic heterocycles. The number of fused-ring (bicyclic) bond motifs is 3. The number of amides is 1. The first kappa shape index (κ1) is 16.9. The van der Waals surface area contributed by atoms with Crippen LogP contribution < -0.4 is 10.1 Å². The third kappa shape index (κ3) is 3.03. The number of hydrogen-bond acceptors (Lipinski definition) is 3. The summed E-state index contributed by atoms with van der Waals surface area (Å²) >= 11 is 0. The van der Waals surface area contributed by atoms with Crippen LogP contribution in [-0.2, 0) is 6.42 Å². The number of alkyl halides is 3. The molecule has 0 radical (unpaired) electrons. The van der Waals surface area contributed by atoms with Crippen LogP contribution in [0.5, 0.6) is 5.75 Å². The third-order valence-corrected chi connectivity index (χ3v) is 4.85. The second-order valence-electron chi connectivity index (χ2n) is 6.50. The molecule has 0 unspecified atom stereocenters. The molecule has 0 aliphatic carbocycles. The highest BCUT2D eigenvalue weighted by Gasteiger charge is 2.45. The molecule has 1 fully saturated rings. The lowest BCUT2D eigenvalue weighted by atomic mass is 9.99. The van der Waals surface area contributed by atoms with Crippen molar-refractivity contribution in [2.24, 2.45) is 0 Å². The zero-order valence-electron chi connectivity index (χ0n) is 13.8. The minimum absolute atomic E-state index is 0.0246. The minimum atomic E-state index is -4.83. The number of rotatable bonds is 3. The lowest BCUT2D eigenvalue weighted by molar-refractivity contribution is -0.274. The Kier molecular flexibility index (Phi) is 4.11. The van der Waals surface area contributed by atoms with Gasteiger partial charge in [0.25, 0.3) is 5.91 Å². The number of halogens is 3. The first-order valence-corrected chi connectivity index (χ1v) is 8.40. The molecule has 0 spiro atoms. The van der Waals surface area contributed by atoms with Gasteiger partial charge in [-0.05, 0) is 23.6 Å². The van der Waals surface area contributed by atoms with Crippen LogP contribution in [0.4, 0.5) is 13.2 Å². The van der Waals surface area contributed by atoms with Crippen molar-refractivity contribution in [2.45, 2.75) is 24.9 Å². The van der Waals surface area contributed by atoms with Crippen LogP contribution in [0.1, 0.15) is 27.5 Å². The number of nitrogens with zero attached hydrogens (tertiary/aromatic N) is 1. The van der Waals surface area contributed by atoms with Gasteiger partial charge >= 0.3 is 6.36 Å². The zero-order valence-corrected chi connectivity index (χ0v) is 13.8. The van der Waals surface area contributed by atoms with Gasteiger partial charge in [0, 0.05) is 19.1 Å². The van der Waals surface area contributed by atoms with E-state index in [2.05, 4.69) is 10.1 Å². The number of carbonyl (C=O) groups is 1. The van der Waals surface area contributed by atoms with E-state index < -0.39 is 18.0 Å². The number of nitrogens with one attached hydrogen (secondary N) is 1. The highest BCUT2D eigenvalue weighted by Crippen LogP contribution is 2.42. The molecule has 7 heteroatoms. The molecule has 26 heavy (non-hydrogen) atoms. The average molecular weight is 362 g/mol. The van der Waals surface area contributed by atoms with E-state index >= 15 is 0 Å². The topological polar surface area (TPSA) is 41.6 Å². The summed E-state index contributed by atoms with van der Waals surface area (Å²) in [6.07, 6.45) is -4.19. The van der Waals surface area contributed by atoms with E-state index in [4.69, 9.17) is 0 Å². The van der Waals surface area contributed by atoms with E-state index in [1.165, 1.54) is 12.1 Å². The monoisotopic (exact) mass is 362 g/mol. The van der Waals surface area contributed by atoms with Crippen molar-refractivity contribution in [1.29, 1.82) is 0 Å². The highest BCUT2D eigenvalue weighted by atomic mass is 19.4. The molecule has 0 saturated carbocycles. The van der Waals surface area contributed by atoms with Crippen molar-refractivity contribution in [3.63, 3.8) is 0 Å². The SMILES string of the molecule is O=C1c2c(OC(F)(F)F)cccc2[C@@H]2CNC[C@H](Cc3ccccc3)N12. The van der Waals surface area contributed by atoms with Crippen LogP contribution in [0.2, 0.25) is 0 Å². The molecular formula is C19H17F3N2O2. The number of carbonyl (C=O) groups excluding carboxylic acids is 1. The molecule has 2 atom stereocenters. The van der Waals surface area contributed by atoms with Gasteiger partial charge in [-0.15, -0.1) is 13.2 Å². The molecular weight excluding hydrogens is 345 g/mol. The molecule has 2 aliphatic heterocycles. The summed E-state index contributed by atoms with van der Waals surface area (Å²) in [6.45, 7) is 1.11. The Hall–Kier alpha value is -2.54. The lowest BCUT2D eigenvalue weighted by Crippen LogP contribution is -2.53. The van der Waals surface area contributed by atoms with Gasteiger partial charge in [-0.25, -0.2) is 0 Å². The molecule has 1 amide bonds. The Balaban J connectivity index is 1.67. The Morgan fingerprint density at radius 1 is 1.08 bits per heavy atom.